The summed E-state index contributed by atoms with van der Waals surface area (Å²) in [6.45, 7) is 5.95. The van der Waals surface area contributed by atoms with Crippen LogP contribution in [0.25, 0.3) is 11.3 Å². The number of aromatic nitrogens is 1. The summed E-state index contributed by atoms with van der Waals surface area (Å²) >= 11 is 1.59. The Labute approximate surface area is 116 Å². The van der Waals surface area contributed by atoms with E-state index in [9.17, 15) is 4.79 Å². The van der Waals surface area contributed by atoms with Crippen molar-refractivity contribution in [2.45, 2.75) is 33.1 Å². The lowest BCUT2D eigenvalue weighted by molar-refractivity contribution is -0.137. The molecule has 1 unspecified atom stereocenters. The van der Waals surface area contributed by atoms with Gasteiger partial charge in [0.1, 0.15) is 0 Å². The first kappa shape index (κ1) is 13.7. The summed E-state index contributed by atoms with van der Waals surface area (Å²) in [6.07, 6.45) is 0.139. The summed E-state index contributed by atoms with van der Waals surface area (Å²) in [6, 6.07) is 8.16. The van der Waals surface area contributed by atoms with Crippen molar-refractivity contribution >= 4 is 17.3 Å². The van der Waals surface area contributed by atoms with E-state index in [0.717, 1.165) is 21.1 Å². The first-order chi connectivity index (χ1) is 8.97. The lowest BCUT2D eigenvalue weighted by Gasteiger charge is -2.09. The van der Waals surface area contributed by atoms with Crippen LogP contribution in [0.1, 0.15) is 34.7 Å². The predicted octanol–water partition coefficient (Wildman–Crippen LogP) is 4.01. The van der Waals surface area contributed by atoms with Gasteiger partial charge in [-0.05, 0) is 19.9 Å². The second kappa shape index (κ2) is 5.53. The summed E-state index contributed by atoms with van der Waals surface area (Å²) in [5.41, 5.74) is 3.18. The quantitative estimate of drug-likeness (QED) is 0.917. The highest BCUT2D eigenvalue weighted by atomic mass is 32.1. The standard InChI is InChI=1S/C15H17NO2S/c1-9-5-4-6-12(7-9)14-15(19-11(3)16-14)10(2)8-13(17)18/h4-7,10H,8H2,1-3H3,(H,17,18). The molecule has 0 aliphatic rings. The van der Waals surface area contributed by atoms with Crippen LogP contribution >= 0.6 is 11.3 Å². The van der Waals surface area contributed by atoms with Crippen molar-refractivity contribution in [2.24, 2.45) is 0 Å². The Morgan fingerprint density at radius 3 is 2.79 bits per heavy atom. The Hall–Kier alpha value is -1.68. The third kappa shape index (κ3) is 3.20. The number of benzene rings is 1. The number of nitrogens with zero attached hydrogens (tertiary/aromatic N) is 1. The fourth-order valence-electron chi connectivity index (χ4n) is 2.13. The van der Waals surface area contributed by atoms with E-state index >= 15 is 0 Å². The Balaban J connectivity index is 2.43. The van der Waals surface area contributed by atoms with Crippen molar-refractivity contribution in [3.63, 3.8) is 0 Å². The first-order valence-electron chi connectivity index (χ1n) is 6.23. The molecule has 2 rings (SSSR count). The Morgan fingerprint density at radius 1 is 1.42 bits per heavy atom. The third-order valence-corrected chi connectivity index (χ3v) is 4.18. The van der Waals surface area contributed by atoms with Gasteiger partial charge in [-0.3, -0.25) is 4.79 Å². The van der Waals surface area contributed by atoms with E-state index in [1.54, 1.807) is 11.3 Å². The van der Waals surface area contributed by atoms with E-state index in [1.165, 1.54) is 5.56 Å². The monoisotopic (exact) mass is 275 g/mol. The van der Waals surface area contributed by atoms with E-state index in [-0.39, 0.29) is 12.3 Å². The third-order valence-electron chi connectivity index (χ3n) is 2.98. The van der Waals surface area contributed by atoms with E-state index in [2.05, 4.69) is 11.1 Å². The molecule has 1 aromatic carbocycles. The van der Waals surface area contributed by atoms with Crippen LogP contribution < -0.4 is 0 Å². The number of carbonyl (C=O) groups is 1. The highest BCUT2D eigenvalue weighted by Gasteiger charge is 2.19. The Morgan fingerprint density at radius 2 is 2.16 bits per heavy atom. The highest BCUT2D eigenvalue weighted by Crippen LogP contribution is 2.35. The largest absolute Gasteiger partial charge is 0.481 e. The molecule has 100 valence electrons. The second-order valence-electron chi connectivity index (χ2n) is 4.81. The predicted molar refractivity (Wildman–Crippen MR) is 77.7 cm³/mol. The van der Waals surface area contributed by atoms with Gasteiger partial charge in [0.15, 0.2) is 0 Å². The minimum absolute atomic E-state index is 0.0146. The topological polar surface area (TPSA) is 50.2 Å². The molecule has 0 aliphatic heterocycles. The first-order valence-corrected chi connectivity index (χ1v) is 7.05. The molecular formula is C15H17NO2S. The van der Waals surface area contributed by atoms with Crippen LogP contribution in [0.4, 0.5) is 0 Å². The molecule has 0 bridgehead atoms. The number of rotatable bonds is 4. The zero-order valence-electron chi connectivity index (χ0n) is 11.3. The zero-order valence-corrected chi connectivity index (χ0v) is 12.1. The maximum absolute atomic E-state index is 10.9. The molecule has 19 heavy (non-hydrogen) atoms. The Bertz CT molecular complexity index is 604. The summed E-state index contributed by atoms with van der Waals surface area (Å²) in [5.74, 6) is -0.784. The van der Waals surface area contributed by atoms with Gasteiger partial charge < -0.3 is 5.11 Å². The molecule has 0 spiro atoms. The van der Waals surface area contributed by atoms with Gasteiger partial charge in [0.2, 0.25) is 0 Å². The van der Waals surface area contributed by atoms with Crippen molar-refractivity contribution in [3.05, 3.63) is 39.7 Å². The minimum Gasteiger partial charge on any atom is -0.481 e. The molecule has 1 heterocycles. The molecule has 2 aromatic rings. The molecule has 0 aliphatic carbocycles. The number of hydrogen-bond acceptors (Lipinski definition) is 3. The number of carboxylic acids is 1. The molecule has 0 radical (unpaired) electrons. The zero-order chi connectivity index (χ0) is 14.0. The van der Waals surface area contributed by atoms with E-state index in [0.29, 0.717) is 0 Å². The summed E-state index contributed by atoms with van der Waals surface area (Å²) in [5, 5.41) is 9.92. The van der Waals surface area contributed by atoms with E-state index in [4.69, 9.17) is 5.11 Å². The van der Waals surface area contributed by atoms with Crippen LogP contribution in [0, 0.1) is 13.8 Å². The minimum atomic E-state index is -0.770. The Kier molecular flexibility index (Phi) is 4.00. The number of carboxylic acid groups (broad SMARTS) is 1. The van der Waals surface area contributed by atoms with Crippen LogP contribution in [0.15, 0.2) is 24.3 Å². The summed E-state index contributed by atoms with van der Waals surface area (Å²) < 4.78 is 0. The van der Waals surface area contributed by atoms with E-state index in [1.807, 2.05) is 39.0 Å². The van der Waals surface area contributed by atoms with Crippen molar-refractivity contribution < 1.29 is 9.90 Å². The molecular weight excluding hydrogens is 258 g/mol. The average molecular weight is 275 g/mol. The molecule has 0 amide bonds. The van der Waals surface area contributed by atoms with Crippen LogP contribution in [0.2, 0.25) is 0 Å². The summed E-state index contributed by atoms with van der Waals surface area (Å²) in [7, 11) is 0. The lowest BCUT2D eigenvalue weighted by Crippen LogP contribution is -2.02. The lowest BCUT2D eigenvalue weighted by atomic mass is 10.0. The van der Waals surface area contributed by atoms with Gasteiger partial charge in [-0.1, -0.05) is 30.7 Å². The molecule has 1 atom stereocenters. The number of aryl methyl sites for hydroxylation is 2. The maximum Gasteiger partial charge on any atom is 0.303 e. The van der Waals surface area contributed by atoms with Crippen LogP contribution in [-0.4, -0.2) is 16.1 Å². The second-order valence-corrected chi connectivity index (χ2v) is 6.05. The number of hydrogen-bond donors (Lipinski definition) is 1. The molecule has 0 fully saturated rings. The van der Waals surface area contributed by atoms with Crippen molar-refractivity contribution in [2.75, 3.05) is 0 Å². The fourth-order valence-corrected chi connectivity index (χ4v) is 3.13. The van der Waals surface area contributed by atoms with Gasteiger partial charge in [0.05, 0.1) is 17.1 Å². The molecule has 3 nitrogen and oxygen atoms in total. The van der Waals surface area contributed by atoms with Gasteiger partial charge >= 0.3 is 5.97 Å². The van der Waals surface area contributed by atoms with Crippen LogP contribution in [-0.2, 0) is 4.79 Å². The summed E-state index contributed by atoms with van der Waals surface area (Å²) in [4.78, 5) is 16.5. The van der Waals surface area contributed by atoms with Crippen molar-refractivity contribution in [1.29, 1.82) is 0 Å². The van der Waals surface area contributed by atoms with Gasteiger partial charge in [-0.2, -0.15) is 0 Å². The van der Waals surface area contributed by atoms with Gasteiger partial charge in [0.25, 0.3) is 0 Å². The van der Waals surface area contributed by atoms with Gasteiger partial charge in [-0.15, -0.1) is 11.3 Å². The number of aliphatic carboxylic acids is 1. The van der Waals surface area contributed by atoms with E-state index < -0.39 is 5.97 Å². The molecule has 0 saturated heterocycles. The maximum atomic E-state index is 10.9. The van der Waals surface area contributed by atoms with Gasteiger partial charge in [-0.25, -0.2) is 4.98 Å². The van der Waals surface area contributed by atoms with Gasteiger partial charge in [0, 0.05) is 16.4 Å². The molecule has 1 aromatic heterocycles. The van der Waals surface area contributed by atoms with Crippen LogP contribution in [0.5, 0.6) is 0 Å². The highest BCUT2D eigenvalue weighted by molar-refractivity contribution is 7.12. The SMILES string of the molecule is Cc1cccc(-c2nc(C)sc2C(C)CC(=O)O)c1. The fraction of sp³-hybridized carbons (Fsp3) is 0.333. The smallest absolute Gasteiger partial charge is 0.303 e. The molecule has 0 saturated carbocycles. The molecule has 1 N–H and O–H groups in total. The normalized spacial score (nSPS) is 12.4. The van der Waals surface area contributed by atoms with Crippen LogP contribution in [0.3, 0.4) is 0 Å². The van der Waals surface area contributed by atoms with Crippen molar-refractivity contribution in [3.8, 4) is 11.3 Å². The average Bonchev–Trinajstić information content (AvgIpc) is 2.70. The molecule has 4 heteroatoms. The number of thiazole rings is 1. The van der Waals surface area contributed by atoms with Crippen molar-refractivity contribution in [1.82, 2.24) is 4.98 Å².